The number of nitrogens with zero attached hydrogens (tertiary/aromatic N) is 1. The molecule has 2 aliphatic rings. The topological polar surface area (TPSA) is 24.4 Å². The average Bonchev–Trinajstić information content (AvgIpc) is 3.06. The molecule has 1 fully saturated rings. The van der Waals surface area contributed by atoms with Crippen LogP contribution in [0.3, 0.4) is 0 Å². The van der Waals surface area contributed by atoms with E-state index in [1.54, 1.807) is 0 Å². The van der Waals surface area contributed by atoms with Crippen LogP contribution < -0.4 is 5.32 Å². The Kier molecular flexibility index (Phi) is 3.37. The van der Waals surface area contributed by atoms with Crippen LogP contribution in [0.2, 0.25) is 5.02 Å². The molecule has 90 valence electrons. The number of anilines is 1. The Morgan fingerprint density at radius 3 is 2.94 bits per heavy atom. The number of hydrogen-bond acceptors (Lipinski definition) is 3. The number of hydrogen-bond donors (Lipinski definition) is 1. The summed E-state index contributed by atoms with van der Waals surface area (Å²) in [5, 5.41) is 5.82. The first-order valence-electron chi connectivity index (χ1n) is 5.65. The first-order chi connectivity index (χ1) is 8.22. The van der Waals surface area contributed by atoms with E-state index in [4.69, 9.17) is 11.6 Å². The third-order valence-corrected chi connectivity index (χ3v) is 5.50. The summed E-state index contributed by atoms with van der Waals surface area (Å²) in [4.78, 5) is 4.55. The molecule has 0 saturated heterocycles. The molecule has 1 atom stereocenters. The number of benzene rings is 1. The molecule has 0 bridgehead atoms. The van der Waals surface area contributed by atoms with Gasteiger partial charge in [-0.15, -0.1) is 0 Å². The SMILES string of the molecule is Clc1ccc(NC2=NCC(C3CC3)S2)cc1Br. The molecule has 0 spiro atoms. The van der Waals surface area contributed by atoms with E-state index < -0.39 is 0 Å². The quantitative estimate of drug-likeness (QED) is 0.869. The maximum absolute atomic E-state index is 5.96. The summed E-state index contributed by atoms with van der Waals surface area (Å²) in [6.07, 6.45) is 2.76. The molecular weight excluding hydrogens is 320 g/mol. The maximum atomic E-state index is 5.96. The number of halogens is 2. The van der Waals surface area contributed by atoms with Crippen LogP contribution >= 0.6 is 39.3 Å². The molecule has 1 aliphatic carbocycles. The minimum atomic E-state index is 0.702. The highest BCUT2D eigenvalue weighted by Gasteiger charge is 2.35. The molecule has 1 unspecified atom stereocenters. The second-order valence-corrected chi connectivity index (χ2v) is 6.88. The third kappa shape index (κ3) is 2.80. The number of nitrogens with one attached hydrogen (secondary N) is 1. The average molecular weight is 332 g/mol. The molecule has 17 heavy (non-hydrogen) atoms. The Bertz CT molecular complexity index is 474. The van der Waals surface area contributed by atoms with Crippen molar-refractivity contribution in [2.75, 3.05) is 11.9 Å². The minimum absolute atomic E-state index is 0.702. The van der Waals surface area contributed by atoms with E-state index in [0.717, 1.165) is 32.8 Å². The lowest BCUT2D eigenvalue weighted by Crippen LogP contribution is -2.08. The van der Waals surface area contributed by atoms with Crippen molar-refractivity contribution in [1.82, 2.24) is 0 Å². The largest absolute Gasteiger partial charge is 0.335 e. The highest BCUT2D eigenvalue weighted by molar-refractivity contribution is 9.10. The maximum Gasteiger partial charge on any atom is 0.161 e. The molecule has 5 heteroatoms. The van der Waals surface area contributed by atoms with Crippen LogP contribution in [0.4, 0.5) is 5.69 Å². The van der Waals surface area contributed by atoms with Gasteiger partial charge < -0.3 is 5.32 Å². The van der Waals surface area contributed by atoms with E-state index >= 15 is 0 Å². The second-order valence-electron chi connectivity index (χ2n) is 4.39. The van der Waals surface area contributed by atoms with Crippen LogP contribution in [-0.2, 0) is 0 Å². The molecule has 0 radical (unpaired) electrons. The third-order valence-electron chi connectivity index (χ3n) is 3.00. The van der Waals surface area contributed by atoms with Crippen molar-refractivity contribution in [1.29, 1.82) is 0 Å². The number of thioether (sulfide) groups is 1. The second kappa shape index (κ2) is 4.82. The lowest BCUT2D eigenvalue weighted by molar-refractivity contribution is 0.773. The molecule has 1 N–H and O–H groups in total. The van der Waals surface area contributed by atoms with E-state index in [2.05, 4.69) is 26.2 Å². The van der Waals surface area contributed by atoms with Gasteiger partial charge in [0.1, 0.15) is 0 Å². The van der Waals surface area contributed by atoms with Gasteiger partial charge in [-0.3, -0.25) is 4.99 Å². The van der Waals surface area contributed by atoms with Crippen molar-refractivity contribution in [2.45, 2.75) is 18.1 Å². The fraction of sp³-hybridized carbons (Fsp3) is 0.417. The molecule has 0 aromatic heterocycles. The zero-order valence-corrected chi connectivity index (χ0v) is 12.3. The summed E-state index contributed by atoms with van der Waals surface area (Å²) in [5.74, 6) is 0.903. The highest BCUT2D eigenvalue weighted by atomic mass is 79.9. The Balaban J connectivity index is 1.64. The van der Waals surface area contributed by atoms with Crippen LogP contribution in [0, 0.1) is 5.92 Å². The van der Waals surface area contributed by atoms with Gasteiger partial charge in [0, 0.05) is 15.4 Å². The van der Waals surface area contributed by atoms with Gasteiger partial charge in [-0.25, -0.2) is 0 Å². The van der Waals surface area contributed by atoms with Crippen molar-refractivity contribution in [2.24, 2.45) is 10.9 Å². The predicted molar refractivity (Wildman–Crippen MR) is 79.2 cm³/mol. The number of aliphatic imine (C=N–C) groups is 1. The molecule has 1 saturated carbocycles. The Hall–Kier alpha value is -0.190. The molecule has 2 nitrogen and oxygen atoms in total. The van der Waals surface area contributed by atoms with Crippen LogP contribution in [0.15, 0.2) is 27.7 Å². The predicted octanol–water partition coefficient (Wildman–Crippen LogP) is 4.40. The molecular formula is C12H12BrClN2S. The van der Waals surface area contributed by atoms with E-state index in [1.807, 2.05) is 30.0 Å². The van der Waals surface area contributed by atoms with Crippen molar-refractivity contribution < 1.29 is 0 Å². The summed E-state index contributed by atoms with van der Waals surface area (Å²) in [5.41, 5.74) is 1.03. The summed E-state index contributed by atoms with van der Waals surface area (Å²) < 4.78 is 0.909. The molecule has 0 amide bonds. The zero-order valence-electron chi connectivity index (χ0n) is 9.12. The van der Waals surface area contributed by atoms with Gasteiger partial charge in [-0.2, -0.15) is 0 Å². The Labute approximate surface area is 118 Å². The van der Waals surface area contributed by atoms with Crippen molar-refractivity contribution in [3.8, 4) is 0 Å². The summed E-state index contributed by atoms with van der Waals surface area (Å²) in [6.45, 7) is 0.965. The van der Waals surface area contributed by atoms with Crippen LogP contribution in [0.1, 0.15) is 12.8 Å². The first kappa shape index (κ1) is 11.9. The van der Waals surface area contributed by atoms with E-state index in [0.29, 0.717) is 5.25 Å². The van der Waals surface area contributed by atoms with E-state index in [9.17, 15) is 0 Å². The standard InChI is InChI=1S/C12H12BrClN2S/c13-9-5-8(3-4-10(9)14)16-12-15-6-11(17-12)7-1-2-7/h3-5,7,11H,1-2,6H2,(H,15,16). The van der Waals surface area contributed by atoms with Crippen molar-refractivity contribution in [3.63, 3.8) is 0 Å². The lowest BCUT2D eigenvalue weighted by atomic mass is 10.3. The fourth-order valence-electron chi connectivity index (χ4n) is 1.87. The van der Waals surface area contributed by atoms with Gasteiger partial charge in [-0.1, -0.05) is 23.4 Å². The minimum Gasteiger partial charge on any atom is -0.335 e. The first-order valence-corrected chi connectivity index (χ1v) is 7.70. The molecule has 1 aromatic carbocycles. The Morgan fingerprint density at radius 2 is 2.24 bits per heavy atom. The van der Waals surface area contributed by atoms with Crippen LogP contribution in [-0.4, -0.2) is 17.0 Å². The normalized spacial score (nSPS) is 23.6. The summed E-state index contributed by atoms with van der Waals surface area (Å²) in [7, 11) is 0. The molecule has 1 aliphatic heterocycles. The van der Waals surface area contributed by atoms with Gasteiger partial charge >= 0.3 is 0 Å². The van der Waals surface area contributed by atoms with Crippen LogP contribution in [0.25, 0.3) is 0 Å². The smallest absolute Gasteiger partial charge is 0.161 e. The molecule has 1 heterocycles. The monoisotopic (exact) mass is 330 g/mol. The van der Waals surface area contributed by atoms with Gasteiger partial charge in [0.2, 0.25) is 0 Å². The number of rotatable bonds is 2. The van der Waals surface area contributed by atoms with Gasteiger partial charge in [0.05, 0.1) is 11.6 Å². The summed E-state index contributed by atoms with van der Waals surface area (Å²) in [6, 6.07) is 5.84. The van der Waals surface area contributed by atoms with E-state index in [1.165, 1.54) is 12.8 Å². The fourth-order valence-corrected chi connectivity index (χ4v) is 3.59. The lowest BCUT2D eigenvalue weighted by Gasteiger charge is -2.08. The Morgan fingerprint density at radius 1 is 1.41 bits per heavy atom. The summed E-state index contributed by atoms with van der Waals surface area (Å²) >= 11 is 11.3. The highest BCUT2D eigenvalue weighted by Crippen LogP contribution is 2.42. The van der Waals surface area contributed by atoms with Crippen molar-refractivity contribution >= 4 is 50.1 Å². The zero-order chi connectivity index (χ0) is 11.8. The molecule has 1 aromatic rings. The van der Waals surface area contributed by atoms with Gasteiger partial charge in [0.25, 0.3) is 0 Å². The van der Waals surface area contributed by atoms with Crippen LogP contribution in [0.5, 0.6) is 0 Å². The van der Waals surface area contributed by atoms with Crippen molar-refractivity contribution in [3.05, 3.63) is 27.7 Å². The van der Waals surface area contributed by atoms with E-state index in [-0.39, 0.29) is 0 Å². The molecule has 3 rings (SSSR count). The number of amidine groups is 1. The van der Waals surface area contributed by atoms with Gasteiger partial charge in [0.15, 0.2) is 5.17 Å². The van der Waals surface area contributed by atoms with Gasteiger partial charge in [-0.05, 0) is 52.9 Å².